The lowest BCUT2D eigenvalue weighted by atomic mass is 9.96. The smallest absolute Gasteiger partial charge is 0.308 e. The Hall–Kier alpha value is -1.10. The van der Waals surface area contributed by atoms with Gasteiger partial charge in [0.2, 0.25) is 0 Å². The zero-order valence-electron chi connectivity index (χ0n) is 11.1. The Bertz CT molecular complexity index is 323. The second kappa shape index (κ2) is 5.69. The molecular formula is C13H21NO4. The zero-order valence-corrected chi connectivity index (χ0v) is 11.1. The molecule has 0 saturated carbocycles. The average Bonchev–Trinajstić information content (AvgIpc) is 2.84. The van der Waals surface area contributed by atoms with Crippen LogP contribution in [0.25, 0.3) is 0 Å². The number of carbonyl (C=O) groups excluding carboxylic acids is 2. The highest BCUT2D eigenvalue weighted by molar-refractivity contribution is 5.81. The molecule has 0 radical (unpaired) electrons. The summed E-state index contributed by atoms with van der Waals surface area (Å²) in [7, 11) is 1.41. The highest BCUT2D eigenvalue weighted by Crippen LogP contribution is 2.24. The van der Waals surface area contributed by atoms with Gasteiger partial charge in [0.1, 0.15) is 6.10 Å². The van der Waals surface area contributed by atoms with E-state index < -0.39 is 0 Å². The summed E-state index contributed by atoms with van der Waals surface area (Å²) >= 11 is 0. The van der Waals surface area contributed by atoms with Gasteiger partial charge in [-0.05, 0) is 32.6 Å². The topological polar surface area (TPSA) is 55.8 Å². The van der Waals surface area contributed by atoms with Crippen LogP contribution >= 0.6 is 0 Å². The van der Waals surface area contributed by atoms with Crippen molar-refractivity contribution >= 4 is 11.9 Å². The first-order chi connectivity index (χ1) is 8.61. The number of ether oxygens (including phenoxy) is 2. The van der Waals surface area contributed by atoms with Gasteiger partial charge in [0.15, 0.2) is 0 Å². The highest BCUT2D eigenvalue weighted by Gasteiger charge is 2.34. The van der Waals surface area contributed by atoms with E-state index in [1.807, 2.05) is 11.8 Å². The number of piperidine rings is 1. The number of carbonyl (C=O) groups is 2. The molecule has 2 aliphatic rings. The monoisotopic (exact) mass is 255 g/mol. The van der Waals surface area contributed by atoms with Crippen molar-refractivity contribution < 1.29 is 19.1 Å². The molecule has 2 unspecified atom stereocenters. The molecule has 2 rings (SSSR count). The van der Waals surface area contributed by atoms with Crippen LogP contribution in [0.3, 0.4) is 0 Å². The molecule has 0 aliphatic carbocycles. The molecule has 0 spiro atoms. The Morgan fingerprint density at radius 3 is 2.33 bits per heavy atom. The predicted molar refractivity (Wildman–Crippen MR) is 64.9 cm³/mol. The summed E-state index contributed by atoms with van der Waals surface area (Å²) in [6, 6.07) is 0. The highest BCUT2D eigenvalue weighted by atomic mass is 16.5. The molecular weight excluding hydrogens is 234 g/mol. The molecule has 2 atom stereocenters. The summed E-state index contributed by atoms with van der Waals surface area (Å²) in [6.45, 7) is 3.26. The molecule has 0 aromatic rings. The van der Waals surface area contributed by atoms with E-state index in [1.165, 1.54) is 7.11 Å². The molecule has 102 valence electrons. The minimum absolute atomic E-state index is 0.0533. The van der Waals surface area contributed by atoms with Gasteiger partial charge in [-0.1, -0.05) is 0 Å². The lowest BCUT2D eigenvalue weighted by Gasteiger charge is -2.32. The number of likely N-dealkylation sites (tertiary alicyclic amines) is 1. The van der Waals surface area contributed by atoms with Crippen LogP contribution in [-0.2, 0) is 19.1 Å². The fourth-order valence-corrected chi connectivity index (χ4v) is 2.69. The normalized spacial score (nSPS) is 29.3. The molecule has 0 N–H and O–H groups in total. The minimum atomic E-state index is -0.269. The second-order valence-electron chi connectivity index (χ2n) is 5.14. The van der Waals surface area contributed by atoms with Crippen LogP contribution in [0.5, 0.6) is 0 Å². The Labute approximate surface area is 107 Å². The average molecular weight is 255 g/mol. The number of nitrogens with zero attached hydrogens (tertiary/aromatic N) is 1. The molecule has 5 nitrogen and oxygen atoms in total. The summed E-state index contributed by atoms with van der Waals surface area (Å²) < 4.78 is 10.3. The van der Waals surface area contributed by atoms with Crippen molar-refractivity contribution in [2.24, 2.45) is 5.92 Å². The summed E-state index contributed by atoms with van der Waals surface area (Å²) in [4.78, 5) is 25.4. The number of hydrogen-bond acceptors (Lipinski definition) is 4. The summed E-state index contributed by atoms with van der Waals surface area (Å²) in [6.07, 6.45) is 3.08. The lowest BCUT2D eigenvalue weighted by molar-refractivity contribution is -0.151. The van der Waals surface area contributed by atoms with Gasteiger partial charge in [-0.15, -0.1) is 0 Å². The fourth-order valence-electron chi connectivity index (χ4n) is 2.69. The first-order valence-corrected chi connectivity index (χ1v) is 6.64. The minimum Gasteiger partial charge on any atom is -0.469 e. The first kappa shape index (κ1) is 13.3. The van der Waals surface area contributed by atoms with E-state index in [1.54, 1.807) is 0 Å². The van der Waals surface area contributed by atoms with Crippen molar-refractivity contribution in [3.8, 4) is 0 Å². The quantitative estimate of drug-likeness (QED) is 0.690. The third-order valence-electron chi connectivity index (χ3n) is 3.85. The molecule has 1 amide bonds. The maximum atomic E-state index is 12.2. The van der Waals surface area contributed by atoms with Gasteiger partial charge in [0.05, 0.1) is 19.1 Å². The van der Waals surface area contributed by atoms with Gasteiger partial charge in [-0.25, -0.2) is 0 Å². The van der Waals surface area contributed by atoms with E-state index in [4.69, 9.17) is 9.47 Å². The van der Waals surface area contributed by atoms with Crippen molar-refractivity contribution in [1.82, 2.24) is 4.90 Å². The van der Waals surface area contributed by atoms with Crippen LogP contribution in [0.1, 0.15) is 32.6 Å². The molecule has 0 aromatic heterocycles. The van der Waals surface area contributed by atoms with Gasteiger partial charge in [0, 0.05) is 13.1 Å². The number of methoxy groups -OCH3 is 1. The van der Waals surface area contributed by atoms with Crippen molar-refractivity contribution in [3.63, 3.8) is 0 Å². The lowest BCUT2D eigenvalue weighted by Crippen LogP contribution is -2.45. The van der Waals surface area contributed by atoms with E-state index in [-0.39, 0.29) is 30.0 Å². The molecule has 2 fully saturated rings. The number of esters is 1. The van der Waals surface area contributed by atoms with Crippen LogP contribution in [0.2, 0.25) is 0 Å². The second-order valence-corrected chi connectivity index (χ2v) is 5.14. The van der Waals surface area contributed by atoms with Crippen LogP contribution in [-0.4, -0.2) is 49.2 Å². The van der Waals surface area contributed by atoms with E-state index >= 15 is 0 Å². The Morgan fingerprint density at radius 1 is 1.17 bits per heavy atom. The van der Waals surface area contributed by atoms with Gasteiger partial charge >= 0.3 is 5.97 Å². The summed E-state index contributed by atoms with van der Waals surface area (Å²) in [5.41, 5.74) is 0. The number of rotatable bonds is 2. The largest absolute Gasteiger partial charge is 0.469 e. The summed E-state index contributed by atoms with van der Waals surface area (Å²) in [5, 5.41) is 0. The van der Waals surface area contributed by atoms with Crippen molar-refractivity contribution in [2.75, 3.05) is 20.2 Å². The molecule has 18 heavy (non-hydrogen) atoms. The van der Waals surface area contributed by atoms with Crippen molar-refractivity contribution in [3.05, 3.63) is 0 Å². The van der Waals surface area contributed by atoms with E-state index in [2.05, 4.69) is 0 Å². The molecule has 2 heterocycles. The number of amides is 1. The van der Waals surface area contributed by atoms with Crippen molar-refractivity contribution in [2.45, 2.75) is 44.8 Å². The Morgan fingerprint density at radius 2 is 1.83 bits per heavy atom. The maximum absolute atomic E-state index is 12.2. The summed E-state index contributed by atoms with van der Waals surface area (Å²) in [5.74, 6) is -0.127. The fraction of sp³-hybridized carbons (Fsp3) is 0.846. The predicted octanol–water partition coefficient (Wildman–Crippen LogP) is 0.965. The van der Waals surface area contributed by atoms with Crippen LogP contribution in [0.15, 0.2) is 0 Å². The third kappa shape index (κ3) is 2.83. The van der Waals surface area contributed by atoms with Crippen LogP contribution in [0, 0.1) is 5.92 Å². The van der Waals surface area contributed by atoms with Gasteiger partial charge in [-0.2, -0.15) is 0 Å². The Balaban J connectivity index is 1.82. The first-order valence-electron chi connectivity index (χ1n) is 6.64. The van der Waals surface area contributed by atoms with E-state index in [9.17, 15) is 9.59 Å². The molecule has 5 heteroatoms. The van der Waals surface area contributed by atoms with E-state index in [0.29, 0.717) is 25.9 Å². The van der Waals surface area contributed by atoms with Crippen LogP contribution < -0.4 is 0 Å². The van der Waals surface area contributed by atoms with E-state index in [0.717, 1.165) is 12.8 Å². The molecule has 0 bridgehead atoms. The van der Waals surface area contributed by atoms with Gasteiger partial charge in [0.25, 0.3) is 5.91 Å². The van der Waals surface area contributed by atoms with Crippen molar-refractivity contribution in [1.29, 1.82) is 0 Å². The third-order valence-corrected chi connectivity index (χ3v) is 3.85. The standard InChI is InChI=1S/C13H21NO4/c1-9-3-4-11(18-9)12(15)14-7-5-10(6-8-14)13(16)17-2/h9-11H,3-8H2,1-2H3. The zero-order chi connectivity index (χ0) is 13.1. The Kier molecular flexibility index (Phi) is 4.22. The molecule has 2 saturated heterocycles. The molecule has 0 aromatic carbocycles. The number of hydrogen-bond donors (Lipinski definition) is 0. The maximum Gasteiger partial charge on any atom is 0.308 e. The SMILES string of the molecule is COC(=O)C1CCN(C(=O)C2CCC(C)O2)CC1. The van der Waals surface area contributed by atoms with Gasteiger partial charge < -0.3 is 14.4 Å². The molecule has 2 aliphatic heterocycles. The van der Waals surface area contributed by atoms with Gasteiger partial charge in [-0.3, -0.25) is 9.59 Å². The van der Waals surface area contributed by atoms with Crippen LogP contribution in [0.4, 0.5) is 0 Å².